The highest BCUT2D eigenvalue weighted by Crippen LogP contribution is 2.46. The average Bonchev–Trinajstić information content (AvgIpc) is 3.16. The van der Waals surface area contributed by atoms with Crippen LogP contribution in [0, 0.1) is 28.6 Å². The van der Waals surface area contributed by atoms with E-state index in [1.165, 1.54) is 6.33 Å². The maximum atomic E-state index is 9.16. The largest absolute Gasteiger partial charge is 0.382 e. The summed E-state index contributed by atoms with van der Waals surface area (Å²) < 4.78 is 1.75. The molecule has 8 heteroatoms. The molecule has 0 radical (unpaired) electrons. The van der Waals surface area contributed by atoms with Crippen LogP contribution >= 0.6 is 0 Å². The van der Waals surface area contributed by atoms with Crippen molar-refractivity contribution < 1.29 is 0 Å². The maximum Gasteiger partial charge on any atom is 0.154 e. The average molecular weight is 318 g/mol. The highest BCUT2D eigenvalue weighted by Gasteiger charge is 2.47. The molecule has 1 aliphatic carbocycles. The van der Waals surface area contributed by atoms with Gasteiger partial charge in [0.15, 0.2) is 5.82 Å². The second-order valence-electron chi connectivity index (χ2n) is 6.13. The van der Waals surface area contributed by atoms with Crippen molar-refractivity contribution in [2.45, 2.75) is 24.8 Å². The van der Waals surface area contributed by atoms with E-state index in [2.05, 4.69) is 32.2 Å². The van der Waals surface area contributed by atoms with E-state index in [9.17, 15) is 0 Å². The van der Waals surface area contributed by atoms with Crippen molar-refractivity contribution >= 4 is 16.9 Å². The fourth-order valence-corrected chi connectivity index (χ4v) is 3.41. The van der Waals surface area contributed by atoms with Gasteiger partial charge in [0.25, 0.3) is 0 Å². The fourth-order valence-electron chi connectivity index (χ4n) is 3.41. The number of H-pyrrole nitrogens is 1. The standard InChI is InChI=1S/C16H14N8/c17-3-2-16(5-10(6-16)7-18)24-8-12(14(19)23-24)13-11-1-4-20-15(11)22-9-21-13/h1,4,8-10H,2,5-6H2,(H2,19,23)(H,20,21,22). The van der Waals surface area contributed by atoms with Gasteiger partial charge < -0.3 is 10.7 Å². The summed E-state index contributed by atoms with van der Waals surface area (Å²) in [5, 5.41) is 23.5. The van der Waals surface area contributed by atoms with Crippen LogP contribution < -0.4 is 5.73 Å². The zero-order chi connectivity index (χ0) is 16.7. The molecule has 1 fully saturated rings. The summed E-state index contributed by atoms with van der Waals surface area (Å²) in [6, 6.07) is 6.35. The summed E-state index contributed by atoms with van der Waals surface area (Å²) in [6.45, 7) is 0. The number of nitrogens with one attached hydrogen (secondary N) is 1. The van der Waals surface area contributed by atoms with Crippen molar-refractivity contribution in [3.8, 4) is 23.4 Å². The molecule has 0 saturated heterocycles. The summed E-state index contributed by atoms with van der Waals surface area (Å²) in [4.78, 5) is 11.6. The van der Waals surface area contributed by atoms with Crippen LogP contribution in [-0.2, 0) is 5.54 Å². The molecule has 0 spiro atoms. The molecule has 0 amide bonds. The number of rotatable bonds is 3. The highest BCUT2D eigenvalue weighted by molar-refractivity contribution is 5.92. The third-order valence-electron chi connectivity index (χ3n) is 4.68. The lowest BCUT2D eigenvalue weighted by molar-refractivity contribution is 0.0885. The van der Waals surface area contributed by atoms with E-state index in [1.807, 2.05) is 12.3 Å². The Kier molecular flexibility index (Phi) is 3.00. The molecule has 0 bridgehead atoms. The third kappa shape index (κ3) is 1.94. The molecule has 8 nitrogen and oxygen atoms in total. The number of fused-ring (bicyclic) bond motifs is 1. The first-order valence-electron chi connectivity index (χ1n) is 7.57. The molecule has 118 valence electrons. The molecule has 1 aliphatic rings. The second-order valence-corrected chi connectivity index (χ2v) is 6.13. The molecule has 4 rings (SSSR count). The summed E-state index contributed by atoms with van der Waals surface area (Å²) in [5.74, 6) is 0.316. The van der Waals surface area contributed by atoms with E-state index in [0.717, 1.165) is 11.0 Å². The molecular weight excluding hydrogens is 304 g/mol. The van der Waals surface area contributed by atoms with Gasteiger partial charge in [0.1, 0.15) is 12.0 Å². The van der Waals surface area contributed by atoms with Gasteiger partial charge in [-0.3, -0.25) is 4.68 Å². The van der Waals surface area contributed by atoms with Gasteiger partial charge >= 0.3 is 0 Å². The Morgan fingerprint density at radius 3 is 2.96 bits per heavy atom. The summed E-state index contributed by atoms with van der Waals surface area (Å²) in [5.41, 5.74) is 7.81. The molecule has 3 N–H and O–H groups in total. The van der Waals surface area contributed by atoms with Gasteiger partial charge in [-0.25, -0.2) is 9.97 Å². The summed E-state index contributed by atoms with van der Waals surface area (Å²) in [6.07, 6.45) is 6.63. The number of nitrogens with zero attached hydrogens (tertiary/aromatic N) is 6. The predicted molar refractivity (Wildman–Crippen MR) is 86.1 cm³/mol. The van der Waals surface area contributed by atoms with E-state index in [4.69, 9.17) is 16.3 Å². The molecule has 24 heavy (non-hydrogen) atoms. The van der Waals surface area contributed by atoms with Gasteiger partial charge in [-0.15, -0.1) is 0 Å². The first-order chi connectivity index (χ1) is 11.7. The molecule has 3 heterocycles. The Bertz CT molecular complexity index is 993. The summed E-state index contributed by atoms with van der Waals surface area (Å²) in [7, 11) is 0. The lowest BCUT2D eigenvalue weighted by Crippen LogP contribution is -2.46. The Hall–Kier alpha value is -3.39. The van der Waals surface area contributed by atoms with Crippen molar-refractivity contribution in [2.24, 2.45) is 5.92 Å². The number of hydrogen-bond acceptors (Lipinski definition) is 6. The third-order valence-corrected chi connectivity index (χ3v) is 4.68. The van der Waals surface area contributed by atoms with Gasteiger partial charge in [0.2, 0.25) is 0 Å². The van der Waals surface area contributed by atoms with Crippen LogP contribution in [0.5, 0.6) is 0 Å². The normalized spacial score (nSPS) is 22.7. The number of hydrogen-bond donors (Lipinski definition) is 2. The quantitative estimate of drug-likeness (QED) is 0.758. The molecular formula is C16H14N8. The van der Waals surface area contributed by atoms with Crippen LogP contribution in [0.2, 0.25) is 0 Å². The molecule has 3 aromatic heterocycles. The minimum Gasteiger partial charge on any atom is -0.382 e. The van der Waals surface area contributed by atoms with Crippen LogP contribution in [0.25, 0.3) is 22.3 Å². The van der Waals surface area contributed by atoms with Gasteiger partial charge in [-0.1, -0.05) is 0 Å². The van der Waals surface area contributed by atoms with Crippen LogP contribution in [-0.4, -0.2) is 24.7 Å². The van der Waals surface area contributed by atoms with Crippen LogP contribution in [0.3, 0.4) is 0 Å². The fraction of sp³-hybridized carbons (Fsp3) is 0.312. The second kappa shape index (κ2) is 5.07. The Labute approximate surface area is 137 Å². The van der Waals surface area contributed by atoms with Crippen molar-refractivity contribution in [1.82, 2.24) is 24.7 Å². The highest BCUT2D eigenvalue weighted by atomic mass is 15.3. The number of aromatic nitrogens is 5. The SMILES string of the molecule is N#CCC1(n2cc(-c3ncnc4[nH]ccc34)c(N)n2)CC(C#N)C1. The number of anilines is 1. The summed E-state index contributed by atoms with van der Waals surface area (Å²) >= 11 is 0. The molecule has 0 atom stereocenters. The van der Waals surface area contributed by atoms with E-state index in [0.29, 0.717) is 36.3 Å². The van der Waals surface area contributed by atoms with Crippen molar-refractivity contribution in [3.05, 3.63) is 24.8 Å². The first kappa shape index (κ1) is 14.2. The van der Waals surface area contributed by atoms with E-state index < -0.39 is 5.54 Å². The lowest BCUT2D eigenvalue weighted by atomic mass is 9.67. The topological polar surface area (TPSA) is 133 Å². The van der Waals surface area contributed by atoms with Crippen molar-refractivity contribution in [1.29, 1.82) is 10.5 Å². The smallest absolute Gasteiger partial charge is 0.154 e. The zero-order valence-corrected chi connectivity index (χ0v) is 12.8. The first-order valence-corrected chi connectivity index (χ1v) is 7.57. The maximum absolute atomic E-state index is 9.16. The zero-order valence-electron chi connectivity index (χ0n) is 12.8. The van der Waals surface area contributed by atoms with Crippen LogP contribution in [0.4, 0.5) is 5.82 Å². The monoisotopic (exact) mass is 318 g/mol. The minimum absolute atomic E-state index is 0.0392. The Morgan fingerprint density at radius 1 is 1.38 bits per heavy atom. The van der Waals surface area contributed by atoms with Crippen molar-refractivity contribution in [2.75, 3.05) is 5.73 Å². The Morgan fingerprint density at radius 2 is 2.21 bits per heavy atom. The number of nitrogen functional groups attached to an aromatic ring is 1. The van der Waals surface area contributed by atoms with Gasteiger partial charge in [-0.05, 0) is 18.9 Å². The Balaban J connectivity index is 1.80. The van der Waals surface area contributed by atoms with Gasteiger partial charge in [-0.2, -0.15) is 15.6 Å². The number of nitrogens with two attached hydrogens (primary N) is 1. The molecule has 0 unspecified atom stereocenters. The van der Waals surface area contributed by atoms with E-state index >= 15 is 0 Å². The van der Waals surface area contributed by atoms with Crippen LogP contribution in [0.15, 0.2) is 24.8 Å². The predicted octanol–water partition coefficient (Wildman–Crippen LogP) is 1.95. The molecule has 0 aromatic carbocycles. The van der Waals surface area contributed by atoms with E-state index in [-0.39, 0.29) is 5.92 Å². The van der Waals surface area contributed by atoms with Gasteiger partial charge in [0, 0.05) is 17.8 Å². The molecule has 3 aromatic rings. The molecule has 0 aliphatic heterocycles. The van der Waals surface area contributed by atoms with Gasteiger partial charge in [0.05, 0.1) is 41.3 Å². The number of nitriles is 2. The van der Waals surface area contributed by atoms with Crippen molar-refractivity contribution in [3.63, 3.8) is 0 Å². The molecule has 1 saturated carbocycles. The number of aromatic amines is 1. The van der Waals surface area contributed by atoms with Crippen LogP contribution in [0.1, 0.15) is 19.3 Å². The van der Waals surface area contributed by atoms with E-state index in [1.54, 1.807) is 10.9 Å². The lowest BCUT2D eigenvalue weighted by Gasteiger charge is -2.43. The minimum atomic E-state index is -0.453.